The van der Waals surface area contributed by atoms with Gasteiger partial charge in [-0.25, -0.2) is 0 Å². The van der Waals surface area contributed by atoms with Crippen molar-refractivity contribution in [1.82, 2.24) is 0 Å². The summed E-state index contributed by atoms with van der Waals surface area (Å²) >= 11 is 0. The minimum atomic E-state index is -0.961. The maximum absolute atomic E-state index is 11.7. The molecule has 5 unspecified atom stereocenters. The molecule has 0 saturated heterocycles. The first kappa shape index (κ1) is 27.8. The normalized spacial score (nSPS) is 45.7. The molecule has 0 spiro atoms. The van der Waals surface area contributed by atoms with Crippen molar-refractivity contribution in [2.24, 2.45) is 52.3 Å². The van der Waals surface area contributed by atoms with E-state index in [2.05, 4.69) is 20.8 Å². The van der Waals surface area contributed by atoms with E-state index in [4.69, 9.17) is 5.11 Å². The molecule has 0 amide bonds. The van der Waals surface area contributed by atoms with Gasteiger partial charge in [0.1, 0.15) is 0 Å². The quantitative estimate of drug-likeness (QED) is 0.313. The molecule has 4 aliphatic carbocycles. The number of carboxylic acid groups (broad SMARTS) is 2. The minimum absolute atomic E-state index is 0.0324. The van der Waals surface area contributed by atoms with Gasteiger partial charge in [0.15, 0.2) is 0 Å². The van der Waals surface area contributed by atoms with E-state index in [9.17, 15) is 30.0 Å². The van der Waals surface area contributed by atoms with Gasteiger partial charge in [-0.05, 0) is 104 Å². The van der Waals surface area contributed by atoms with E-state index in [1.165, 1.54) is 0 Å². The summed E-state index contributed by atoms with van der Waals surface area (Å²) in [5, 5.41) is 52.0. The van der Waals surface area contributed by atoms with E-state index in [1.54, 1.807) is 0 Å². The summed E-state index contributed by atoms with van der Waals surface area (Å²) < 4.78 is 0. The Morgan fingerprint density at radius 1 is 0.917 bits per heavy atom. The number of hydrogen-bond donors (Lipinski definition) is 5. The third kappa shape index (κ3) is 4.84. The van der Waals surface area contributed by atoms with E-state index in [0.717, 1.165) is 51.4 Å². The highest BCUT2D eigenvalue weighted by atomic mass is 16.4. The third-order valence-electron chi connectivity index (χ3n) is 11.7. The summed E-state index contributed by atoms with van der Waals surface area (Å²) in [6.07, 6.45) is 7.09. The van der Waals surface area contributed by atoms with E-state index in [0.29, 0.717) is 30.6 Å². The van der Waals surface area contributed by atoms with Crippen molar-refractivity contribution in [3.63, 3.8) is 0 Å². The van der Waals surface area contributed by atoms with Gasteiger partial charge in [0.25, 0.3) is 0 Å². The predicted molar refractivity (Wildman–Crippen MR) is 135 cm³/mol. The number of rotatable bonds is 9. The molecule has 4 saturated carbocycles. The second-order valence-electron chi connectivity index (χ2n) is 13.4. The van der Waals surface area contributed by atoms with Gasteiger partial charge >= 0.3 is 11.9 Å². The molecule has 0 aromatic carbocycles. The topological polar surface area (TPSA) is 135 Å². The summed E-state index contributed by atoms with van der Waals surface area (Å²) in [6, 6.07) is 0. The number of carbonyl (C=O) groups is 2. The summed E-state index contributed by atoms with van der Waals surface area (Å²) in [5.41, 5.74) is -0.303. The Bertz CT molecular complexity index is 815. The fraction of sp³-hybridized carbons (Fsp3) is 0.931. The Labute approximate surface area is 215 Å². The Morgan fingerprint density at radius 2 is 1.64 bits per heavy atom. The molecule has 36 heavy (non-hydrogen) atoms. The van der Waals surface area contributed by atoms with Gasteiger partial charge in [-0.3, -0.25) is 9.59 Å². The molecule has 0 aromatic heterocycles. The van der Waals surface area contributed by atoms with E-state index in [-0.39, 0.29) is 53.6 Å². The molecule has 7 nitrogen and oxygen atoms in total. The molecule has 206 valence electrons. The van der Waals surface area contributed by atoms with Crippen molar-refractivity contribution in [3.8, 4) is 0 Å². The summed E-state index contributed by atoms with van der Waals surface area (Å²) in [4.78, 5) is 22.4. The molecule has 0 heterocycles. The van der Waals surface area contributed by atoms with Crippen LogP contribution in [0.2, 0.25) is 0 Å². The van der Waals surface area contributed by atoms with Crippen LogP contribution in [0.3, 0.4) is 0 Å². The molecule has 4 fully saturated rings. The lowest BCUT2D eigenvalue weighted by Crippen LogP contribution is -2.62. The number of fused-ring (bicyclic) bond motifs is 5. The molecule has 12 atom stereocenters. The summed E-state index contributed by atoms with van der Waals surface area (Å²) in [7, 11) is 0. The Kier molecular flexibility index (Phi) is 8.14. The van der Waals surface area contributed by atoms with Crippen LogP contribution < -0.4 is 0 Å². The smallest absolute Gasteiger partial charge is 0.306 e. The number of hydrogen-bond acceptors (Lipinski definition) is 5. The summed E-state index contributed by atoms with van der Waals surface area (Å²) in [6.45, 7) is 6.75. The van der Waals surface area contributed by atoms with E-state index < -0.39 is 24.0 Å². The molecule has 5 N–H and O–H groups in total. The van der Waals surface area contributed by atoms with Gasteiger partial charge in [-0.2, -0.15) is 0 Å². The molecule has 0 aliphatic heterocycles. The second-order valence-corrected chi connectivity index (χ2v) is 13.4. The van der Waals surface area contributed by atoms with Crippen molar-refractivity contribution in [2.75, 3.05) is 0 Å². The largest absolute Gasteiger partial charge is 0.481 e. The van der Waals surface area contributed by atoms with Gasteiger partial charge < -0.3 is 25.5 Å². The zero-order chi connectivity index (χ0) is 26.4. The fourth-order valence-corrected chi connectivity index (χ4v) is 9.80. The zero-order valence-corrected chi connectivity index (χ0v) is 22.3. The summed E-state index contributed by atoms with van der Waals surface area (Å²) in [5.74, 6) is -0.813. The molecule has 0 radical (unpaired) electrons. The van der Waals surface area contributed by atoms with Crippen LogP contribution in [0.25, 0.3) is 0 Å². The molecular weight excluding hydrogens is 460 g/mol. The highest BCUT2D eigenvalue weighted by molar-refractivity contribution is 5.72. The number of carboxylic acids is 2. The van der Waals surface area contributed by atoms with Crippen molar-refractivity contribution in [3.05, 3.63) is 0 Å². The van der Waals surface area contributed by atoms with Gasteiger partial charge in [0.2, 0.25) is 0 Å². The monoisotopic (exact) mass is 508 g/mol. The van der Waals surface area contributed by atoms with Gasteiger partial charge in [0, 0.05) is 6.42 Å². The van der Waals surface area contributed by atoms with Crippen LogP contribution in [-0.4, -0.2) is 55.8 Å². The Morgan fingerprint density at radius 3 is 2.31 bits per heavy atom. The second kappa shape index (κ2) is 10.5. The maximum atomic E-state index is 11.7. The SMILES string of the molecule is C[C@H](CCCC(CCC(=O)O)C(=O)O)[C@H]1CCC2C3C(C[C@H](O)[C@@]21C)[C@@]1(C)CC(O)CC[C@H]1C[C@H]3O. The average molecular weight is 509 g/mol. The molecule has 4 rings (SSSR count). The van der Waals surface area contributed by atoms with Crippen molar-refractivity contribution >= 4 is 11.9 Å². The van der Waals surface area contributed by atoms with Crippen LogP contribution in [0, 0.1) is 52.3 Å². The van der Waals surface area contributed by atoms with Crippen molar-refractivity contribution in [1.29, 1.82) is 0 Å². The lowest BCUT2D eigenvalue weighted by Gasteiger charge is -2.63. The maximum Gasteiger partial charge on any atom is 0.306 e. The van der Waals surface area contributed by atoms with E-state index >= 15 is 0 Å². The van der Waals surface area contributed by atoms with Crippen LogP contribution in [0.1, 0.15) is 97.8 Å². The molecule has 0 aromatic rings. The number of aliphatic carboxylic acids is 2. The first-order valence-corrected chi connectivity index (χ1v) is 14.4. The third-order valence-corrected chi connectivity index (χ3v) is 11.7. The number of aliphatic hydroxyl groups is 3. The standard InChI is InChI=1S/C29H48O7/c1-16(5-4-6-17(27(35)36)7-12-25(33)34)20-10-11-21-26-22(14-24(32)29(20,21)3)28(2)15-19(30)9-8-18(28)13-23(26)31/h16-24,26,30-32H,4-15H2,1-3H3,(H,33,34)(H,35,36)/t16-,17?,18+,19?,20-,21?,22?,23-,24+,26?,28+,29-/m1/s1. The highest BCUT2D eigenvalue weighted by Crippen LogP contribution is 2.68. The minimum Gasteiger partial charge on any atom is -0.481 e. The number of aliphatic hydroxyl groups excluding tert-OH is 3. The van der Waals surface area contributed by atoms with Crippen molar-refractivity contribution in [2.45, 2.75) is 116 Å². The lowest BCUT2D eigenvalue weighted by atomic mass is 9.43. The van der Waals surface area contributed by atoms with Crippen LogP contribution >= 0.6 is 0 Å². The van der Waals surface area contributed by atoms with Gasteiger partial charge in [-0.1, -0.05) is 33.6 Å². The van der Waals surface area contributed by atoms with Crippen LogP contribution in [0.4, 0.5) is 0 Å². The van der Waals surface area contributed by atoms with Crippen LogP contribution in [0.15, 0.2) is 0 Å². The molecular formula is C29H48O7. The first-order valence-electron chi connectivity index (χ1n) is 14.4. The van der Waals surface area contributed by atoms with Gasteiger partial charge in [-0.15, -0.1) is 0 Å². The van der Waals surface area contributed by atoms with Crippen LogP contribution in [-0.2, 0) is 9.59 Å². The van der Waals surface area contributed by atoms with Crippen molar-refractivity contribution < 1.29 is 35.1 Å². The molecule has 4 aliphatic rings. The average Bonchev–Trinajstić information content (AvgIpc) is 3.15. The molecule has 7 heteroatoms. The van der Waals surface area contributed by atoms with E-state index in [1.807, 2.05) is 0 Å². The fourth-order valence-electron chi connectivity index (χ4n) is 9.80. The highest BCUT2D eigenvalue weighted by Gasteiger charge is 2.65. The predicted octanol–water partition coefficient (Wildman–Crippen LogP) is 4.32. The Hall–Kier alpha value is -1.18. The first-order chi connectivity index (χ1) is 16.9. The zero-order valence-electron chi connectivity index (χ0n) is 22.3. The molecule has 0 bridgehead atoms. The Balaban J connectivity index is 1.45. The lowest BCUT2D eigenvalue weighted by molar-refractivity contribution is -0.208. The van der Waals surface area contributed by atoms with Gasteiger partial charge in [0.05, 0.1) is 24.2 Å². The van der Waals surface area contributed by atoms with Crippen LogP contribution in [0.5, 0.6) is 0 Å².